The zero-order valence-corrected chi connectivity index (χ0v) is 34.1. The molecule has 0 atom stereocenters. The van der Waals surface area contributed by atoms with Crippen LogP contribution in [0.5, 0.6) is 0 Å². The molecule has 0 saturated heterocycles. The fraction of sp³-hybridized carbons (Fsp3) is 0.227. The fourth-order valence-electron chi connectivity index (χ4n) is 2.78. The van der Waals surface area contributed by atoms with Crippen molar-refractivity contribution in [3.8, 4) is 0 Å². The predicted octanol–water partition coefficient (Wildman–Crippen LogP) is 7.69. The number of carbonyl (C=O) groups is 4. The summed E-state index contributed by atoms with van der Waals surface area (Å²) in [6.45, 7) is 5.00. The Balaban J connectivity index is 0.00000421. The molecule has 2 aromatic carbocycles. The first-order valence-corrected chi connectivity index (χ1v) is 16.4. The van der Waals surface area contributed by atoms with E-state index >= 15 is 0 Å². The van der Waals surface area contributed by atoms with Crippen molar-refractivity contribution in [1.29, 1.82) is 0 Å². The first-order chi connectivity index (χ1) is 16.8. The minimum absolute atomic E-state index is 0. The maximum Gasteiger partial charge on any atom is 0.337 e. The standard InChI is InChI=1S/C20H14I6N2O6.C2H5.Gd/c21-7-5-9(23)17(15(25)13(7)19(31)32)27-11(29)3-1-2-4-12(30)28-18-10(24)6-8(22)14(16(18)26)20(33)34;1-2;/h5-6H,1-4H2,(H,27,29)(H,28,30)(H,31,32)(H,33,34);1H2,2H3;/q;-1;. The summed E-state index contributed by atoms with van der Waals surface area (Å²) in [5.41, 5.74) is 1.25. The van der Waals surface area contributed by atoms with Crippen LogP contribution >= 0.6 is 136 Å². The average Bonchev–Trinajstić information content (AvgIpc) is 2.77. The molecule has 8 nitrogen and oxygen atoms in total. The minimum atomic E-state index is -1.06. The Bertz CT molecular complexity index is 1100. The molecule has 0 aromatic heterocycles. The van der Waals surface area contributed by atoms with Crippen LogP contribution in [0.25, 0.3) is 0 Å². The molecule has 0 heterocycles. The number of amides is 2. The number of unbranched alkanes of at least 4 members (excludes halogenated alkanes) is 1. The summed E-state index contributed by atoms with van der Waals surface area (Å²) in [6, 6.07) is 3.41. The van der Waals surface area contributed by atoms with Gasteiger partial charge in [-0.05, 0) is 161 Å². The van der Waals surface area contributed by atoms with Gasteiger partial charge in [0.05, 0.1) is 29.6 Å². The molecule has 0 saturated carbocycles. The Hall–Kier alpha value is 2.02. The molecule has 15 heteroatoms. The van der Waals surface area contributed by atoms with Crippen molar-refractivity contribution in [3.05, 3.63) is 51.6 Å². The quantitative estimate of drug-likeness (QED) is 0.116. The Morgan fingerprint density at radius 3 is 1.24 bits per heavy atom. The van der Waals surface area contributed by atoms with Crippen LogP contribution in [0.15, 0.2) is 12.1 Å². The number of carboxylic acids is 2. The van der Waals surface area contributed by atoms with E-state index in [4.69, 9.17) is 0 Å². The van der Waals surface area contributed by atoms with Gasteiger partial charge in [0.15, 0.2) is 0 Å². The van der Waals surface area contributed by atoms with Crippen LogP contribution in [0.4, 0.5) is 11.4 Å². The summed E-state index contributed by atoms with van der Waals surface area (Å²) in [4.78, 5) is 47.9. The Morgan fingerprint density at radius 1 is 0.676 bits per heavy atom. The van der Waals surface area contributed by atoms with Gasteiger partial charge in [0, 0.05) is 67.1 Å². The van der Waals surface area contributed by atoms with Gasteiger partial charge in [0.1, 0.15) is 0 Å². The molecule has 2 amide bonds. The number of hydrogen-bond acceptors (Lipinski definition) is 4. The summed E-state index contributed by atoms with van der Waals surface area (Å²) >= 11 is 11.9. The summed E-state index contributed by atoms with van der Waals surface area (Å²) in [5, 5.41) is 24.4. The van der Waals surface area contributed by atoms with Gasteiger partial charge >= 0.3 is 11.9 Å². The maximum atomic E-state index is 12.4. The molecular formula is C22H19GdI6N2O6-. The van der Waals surface area contributed by atoms with Crippen molar-refractivity contribution >= 4 is 171 Å². The van der Waals surface area contributed by atoms with Crippen LogP contribution in [-0.4, -0.2) is 34.0 Å². The third kappa shape index (κ3) is 11.7. The van der Waals surface area contributed by atoms with Gasteiger partial charge in [-0.15, -0.1) is 0 Å². The van der Waals surface area contributed by atoms with E-state index in [-0.39, 0.29) is 75.7 Å². The van der Waals surface area contributed by atoms with Crippen LogP contribution in [0.2, 0.25) is 0 Å². The second-order valence-electron chi connectivity index (χ2n) is 6.72. The van der Waals surface area contributed by atoms with Gasteiger partial charge in [0.2, 0.25) is 11.8 Å². The second-order valence-corrected chi connectivity index (χ2v) is 13.5. The van der Waals surface area contributed by atoms with Gasteiger partial charge in [-0.3, -0.25) is 9.59 Å². The number of rotatable bonds is 9. The summed E-state index contributed by atoms with van der Waals surface area (Å²) in [6.07, 6.45) is 1.28. The fourth-order valence-corrected chi connectivity index (χ4v) is 11.0. The van der Waals surface area contributed by atoms with E-state index in [0.717, 1.165) is 7.14 Å². The third-order valence-corrected chi connectivity index (χ3v) is 9.92. The van der Waals surface area contributed by atoms with Gasteiger partial charge in [-0.2, -0.15) is 6.92 Å². The molecule has 0 aliphatic heterocycles. The summed E-state index contributed by atoms with van der Waals surface area (Å²) in [7, 11) is 0. The third-order valence-electron chi connectivity index (χ3n) is 4.35. The normalized spacial score (nSPS) is 9.95. The topological polar surface area (TPSA) is 133 Å². The number of aromatic carboxylic acids is 2. The van der Waals surface area contributed by atoms with E-state index < -0.39 is 11.9 Å². The van der Waals surface area contributed by atoms with E-state index in [0.29, 0.717) is 38.5 Å². The van der Waals surface area contributed by atoms with Crippen molar-refractivity contribution < 1.29 is 69.3 Å². The van der Waals surface area contributed by atoms with Gasteiger partial charge in [-0.25, -0.2) is 9.59 Å². The summed E-state index contributed by atoms with van der Waals surface area (Å²) < 4.78 is 3.61. The molecule has 0 radical (unpaired) electrons. The van der Waals surface area contributed by atoms with Gasteiger partial charge < -0.3 is 27.8 Å². The number of carboxylic acid groups (broad SMARTS) is 2. The first kappa shape index (κ1) is 39.0. The predicted molar refractivity (Wildman–Crippen MR) is 190 cm³/mol. The number of anilines is 2. The Kier molecular flexibility index (Phi) is 20.3. The molecule has 204 valence electrons. The SMILES string of the molecule is O=C(CCCCC(=O)Nc1c(I)cc(I)c(C(=O)O)c1I)Nc1c(I)cc(I)c(C(=O)O)c1I.[CH2-]C.[Gd]. The molecule has 0 aliphatic carbocycles. The van der Waals surface area contributed by atoms with Gasteiger partial charge in [-0.1, -0.05) is 0 Å². The largest absolute Gasteiger partial charge is 0.478 e. The van der Waals surface area contributed by atoms with Crippen LogP contribution in [-0.2, 0) is 9.59 Å². The summed E-state index contributed by atoms with van der Waals surface area (Å²) in [5.74, 6) is -2.64. The van der Waals surface area contributed by atoms with Crippen molar-refractivity contribution in [3.63, 3.8) is 0 Å². The molecule has 0 spiro atoms. The molecule has 0 unspecified atom stereocenters. The molecular weight excluding hydrogens is 1310 g/mol. The average molecular weight is 1330 g/mol. The molecule has 2 rings (SSSR count). The molecule has 0 aliphatic rings. The van der Waals surface area contributed by atoms with Crippen LogP contribution in [0, 0.1) is 68.3 Å². The van der Waals surface area contributed by atoms with Crippen molar-refractivity contribution in [2.75, 3.05) is 10.6 Å². The number of carbonyl (C=O) groups excluding carboxylic acids is 2. The monoisotopic (exact) mass is 1330 g/mol. The van der Waals surface area contributed by atoms with E-state index in [1.165, 1.54) is 0 Å². The van der Waals surface area contributed by atoms with Crippen LogP contribution in [0.3, 0.4) is 0 Å². The van der Waals surface area contributed by atoms with E-state index in [1.807, 2.05) is 90.4 Å². The number of benzene rings is 2. The van der Waals surface area contributed by atoms with E-state index in [9.17, 15) is 29.4 Å². The number of halogens is 6. The van der Waals surface area contributed by atoms with E-state index in [1.54, 1.807) is 19.1 Å². The number of hydrogen-bond donors (Lipinski definition) is 4. The smallest absolute Gasteiger partial charge is 0.337 e. The molecule has 37 heavy (non-hydrogen) atoms. The Labute approximate surface area is 328 Å². The zero-order valence-electron chi connectivity index (χ0n) is 18.8. The van der Waals surface area contributed by atoms with Gasteiger partial charge in [0.25, 0.3) is 0 Å². The molecule has 2 aromatic rings. The zero-order chi connectivity index (χ0) is 27.7. The van der Waals surface area contributed by atoms with Crippen molar-refractivity contribution in [2.45, 2.75) is 32.6 Å². The van der Waals surface area contributed by atoms with Crippen LogP contribution < -0.4 is 10.6 Å². The van der Waals surface area contributed by atoms with Crippen molar-refractivity contribution in [1.82, 2.24) is 0 Å². The van der Waals surface area contributed by atoms with Crippen LogP contribution in [0.1, 0.15) is 53.3 Å². The maximum absolute atomic E-state index is 12.4. The number of nitrogens with one attached hydrogen (secondary N) is 2. The van der Waals surface area contributed by atoms with E-state index in [2.05, 4.69) is 62.7 Å². The van der Waals surface area contributed by atoms with Crippen molar-refractivity contribution in [2.24, 2.45) is 0 Å². The molecule has 0 fully saturated rings. The molecule has 0 bridgehead atoms. The Morgan fingerprint density at radius 2 is 0.973 bits per heavy atom. The first-order valence-electron chi connectivity index (χ1n) is 9.97. The minimum Gasteiger partial charge on any atom is -0.478 e. The second kappa shape index (κ2) is 19.3. The molecule has 4 N–H and O–H groups in total.